The van der Waals surface area contributed by atoms with Crippen LogP contribution in [0.25, 0.3) is 11.3 Å². The molecule has 2 aliphatic rings. The molecule has 0 aliphatic carbocycles. The summed E-state index contributed by atoms with van der Waals surface area (Å²) in [6.45, 7) is 5.69. The van der Waals surface area contributed by atoms with Crippen molar-refractivity contribution >= 4 is 58.4 Å². The molecule has 0 bridgehead atoms. The number of hydrogen-bond donors (Lipinski definition) is 0. The maximum Gasteiger partial charge on any atom is 0.410 e. The second-order valence-corrected chi connectivity index (χ2v) is 12.5. The number of hydrogen-bond acceptors (Lipinski definition) is 6. The second kappa shape index (κ2) is 10.8. The summed E-state index contributed by atoms with van der Waals surface area (Å²) in [4.78, 5) is 45.0. The van der Waals surface area contributed by atoms with Crippen molar-refractivity contribution < 1.29 is 19.1 Å². The second-order valence-electron chi connectivity index (χ2n) is 11.2. The number of carbonyl (C=O) groups excluding carboxylic acids is 3. The smallest absolute Gasteiger partial charge is 0.410 e. The van der Waals surface area contributed by atoms with Crippen LogP contribution in [0.5, 0.6) is 0 Å². The number of halogens is 3. The minimum absolute atomic E-state index is 0.0146. The summed E-state index contributed by atoms with van der Waals surface area (Å²) in [5, 5.41) is 9.85. The number of likely N-dealkylation sites (tertiary alicyclic amines) is 1. The molecule has 0 saturated carbocycles. The third-order valence-electron chi connectivity index (χ3n) is 7.15. The zero-order valence-corrected chi connectivity index (χ0v) is 25.2. The Hall–Kier alpha value is -3.34. The molecule has 2 aliphatic heterocycles. The number of anilines is 1. The SMILES string of the molecule is CN(C(=O)C1(n2cc(-c3cc(Cl)cc(Cl)c3)nn2)CN(C(=O)OC(C)(C)C)C1)C1CCN(c2ccccc2Cl)C1=O. The van der Waals surface area contributed by atoms with Crippen molar-refractivity contribution in [3.63, 3.8) is 0 Å². The quantitative estimate of drug-likeness (QED) is 0.393. The number of rotatable bonds is 5. The Kier molecular flexibility index (Phi) is 7.69. The highest BCUT2D eigenvalue weighted by Gasteiger charge is 2.57. The molecule has 10 nitrogen and oxygen atoms in total. The number of ether oxygens (including phenoxy) is 1. The molecule has 3 aromatic rings. The van der Waals surface area contributed by atoms with Crippen LogP contribution in [-0.2, 0) is 19.9 Å². The maximum atomic E-state index is 14.2. The molecule has 0 radical (unpaired) electrons. The van der Waals surface area contributed by atoms with E-state index < -0.39 is 23.3 Å². The summed E-state index contributed by atoms with van der Waals surface area (Å²) in [6, 6.07) is 11.4. The van der Waals surface area contributed by atoms with E-state index in [0.29, 0.717) is 45.0 Å². The lowest BCUT2D eigenvalue weighted by Gasteiger charge is -2.49. The highest BCUT2D eigenvalue weighted by molar-refractivity contribution is 6.35. The van der Waals surface area contributed by atoms with E-state index in [9.17, 15) is 14.4 Å². The van der Waals surface area contributed by atoms with Gasteiger partial charge in [-0.2, -0.15) is 0 Å². The molecule has 2 aromatic carbocycles. The molecule has 1 aromatic heterocycles. The lowest BCUT2D eigenvalue weighted by atomic mass is 9.87. The van der Waals surface area contributed by atoms with Gasteiger partial charge in [-0.15, -0.1) is 5.10 Å². The highest BCUT2D eigenvalue weighted by Crippen LogP contribution is 2.36. The van der Waals surface area contributed by atoms with Gasteiger partial charge in [0.15, 0.2) is 5.54 Å². The van der Waals surface area contributed by atoms with Crippen LogP contribution in [0.4, 0.5) is 10.5 Å². The van der Waals surface area contributed by atoms with E-state index in [0.717, 1.165) is 0 Å². The van der Waals surface area contributed by atoms with Crippen LogP contribution in [0, 0.1) is 0 Å². The predicted molar refractivity (Wildman–Crippen MR) is 156 cm³/mol. The fraction of sp³-hybridized carbons (Fsp3) is 0.393. The first-order valence-corrected chi connectivity index (χ1v) is 14.1. The van der Waals surface area contributed by atoms with Gasteiger partial charge in [-0.05, 0) is 57.5 Å². The number of para-hydroxylation sites is 1. The largest absolute Gasteiger partial charge is 0.444 e. The van der Waals surface area contributed by atoms with Gasteiger partial charge in [0, 0.05) is 29.2 Å². The third kappa shape index (κ3) is 5.60. The van der Waals surface area contributed by atoms with Gasteiger partial charge in [-0.25, -0.2) is 9.48 Å². The molecule has 41 heavy (non-hydrogen) atoms. The first-order valence-electron chi connectivity index (χ1n) is 13.0. The monoisotopic (exact) mass is 618 g/mol. The van der Waals surface area contributed by atoms with E-state index >= 15 is 0 Å². The summed E-state index contributed by atoms with van der Waals surface area (Å²) in [6.07, 6.45) is 1.49. The topological polar surface area (TPSA) is 101 Å². The van der Waals surface area contributed by atoms with Crippen molar-refractivity contribution in [3.05, 3.63) is 63.7 Å². The van der Waals surface area contributed by atoms with Crippen LogP contribution in [0.1, 0.15) is 27.2 Å². The van der Waals surface area contributed by atoms with E-state index in [4.69, 9.17) is 39.5 Å². The highest BCUT2D eigenvalue weighted by atomic mass is 35.5. The average molecular weight is 620 g/mol. The Morgan fingerprint density at radius 3 is 2.37 bits per heavy atom. The lowest BCUT2D eigenvalue weighted by molar-refractivity contribution is -0.154. The molecular formula is C28H29Cl3N6O4. The predicted octanol–water partition coefficient (Wildman–Crippen LogP) is 5.12. The molecule has 3 amide bonds. The molecule has 2 saturated heterocycles. The number of aromatic nitrogens is 3. The van der Waals surface area contributed by atoms with E-state index in [1.165, 1.54) is 14.5 Å². The summed E-state index contributed by atoms with van der Waals surface area (Å²) in [5.41, 5.74) is -0.354. The third-order valence-corrected chi connectivity index (χ3v) is 7.91. The Balaban J connectivity index is 1.44. The molecule has 1 unspecified atom stereocenters. The van der Waals surface area contributed by atoms with E-state index in [1.54, 1.807) is 81.4 Å². The number of carbonyl (C=O) groups is 3. The van der Waals surface area contributed by atoms with Crippen LogP contribution < -0.4 is 4.90 Å². The fourth-order valence-electron chi connectivity index (χ4n) is 5.13. The van der Waals surface area contributed by atoms with Gasteiger partial charge in [0.1, 0.15) is 17.3 Å². The molecular weight excluding hydrogens is 591 g/mol. The normalized spacial score (nSPS) is 18.3. The van der Waals surface area contributed by atoms with Crippen molar-refractivity contribution in [3.8, 4) is 11.3 Å². The van der Waals surface area contributed by atoms with Gasteiger partial charge in [0.05, 0.1) is 30.0 Å². The van der Waals surface area contributed by atoms with Crippen molar-refractivity contribution in [2.45, 2.75) is 44.4 Å². The zero-order chi connectivity index (χ0) is 29.7. The molecule has 2 fully saturated rings. The molecule has 3 heterocycles. The van der Waals surface area contributed by atoms with Gasteiger partial charge in [0.25, 0.3) is 5.91 Å². The van der Waals surface area contributed by atoms with Crippen molar-refractivity contribution in [2.75, 3.05) is 31.6 Å². The Labute approximate surface area is 252 Å². The molecule has 5 rings (SSSR count). The Morgan fingerprint density at radius 1 is 1.07 bits per heavy atom. The van der Waals surface area contributed by atoms with Gasteiger partial charge < -0.3 is 19.4 Å². The van der Waals surface area contributed by atoms with E-state index in [-0.39, 0.29) is 24.9 Å². The molecule has 216 valence electrons. The van der Waals surface area contributed by atoms with E-state index in [1.807, 2.05) is 0 Å². The zero-order valence-electron chi connectivity index (χ0n) is 23.0. The van der Waals surface area contributed by atoms with Gasteiger partial charge >= 0.3 is 6.09 Å². The van der Waals surface area contributed by atoms with Crippen molar-refractivity contribution in [2.24, 2.45) is 0 Å². The first-order chi connectivity index (χ1) is 19.3. The standard InChI is InChI=1S/C28H29Cl3N6O4/c1-27(2,3)41-26(40)35-15-28(16-35,37-14-21(32-33-37)17-11-18(29)13-19(30)12-17)25(39)34(4)23-9-10-36(24(23)38)22-8-6-5-7-20(22)31/h5-8,11-14,23H,9-10,15-16H2,1-4H3. The van der Waals surface area contributed by atoms with Crippen LogP contribution in [-0.4, -0.2) is 81.0 Å². The molecule has 1 atom stereocenters. The molecule has 13 heteroatoms. The minimum atomic E-state index is -1.31. The van der Waals surface area contributed by atoms with E-state index in [2.05, 4.69) is 10.3 Å². The lowest BCUT2D eigenvalue weighted by Crippen LogP contribution is -2.71. The van der Waals surface area contributed by atoms with Crippen LogP contribution in [0.3, 0.4) is 0 Å². The summed E-state index contributed by atoms with van der Waals surface area (Å²) in [7, 11) is 1.59. The van der Waals surface area contributed by atoms with Gasteiger partial charge in [-0.1, -0.05) is 52.1 Å². The summed E-state index contributed by atoms with van der Waals surface area (Å²) in [5.74, 6) is -0.613. The molecule has 0 N–H and O–H groups in total. The van der Waals surface area contributed by atoms with Crippen molar-refractivity contribution in [1.82, 2.24) is 24.8 Å². The average Bonchev–Trinajstić information content (AvgIpc) is 3.49. The maximum absolute atomic E-state index is 14.2. The van der Waals surface area contributed by atoms with Crippen LogP contribution in [0.15, 0.2) is 48.7 Å². The van der Waals surface area contributed by atoms with Crippen molar-refractivity contribution in [1.29, 1.82) is 0 Å². The Bertz CT molecular complexity index is 1490. The minimum Gasteiger partial charge on any atom is -0.444 e. The summed E-state index contributed by atoms with van der Waals surface area (Å²) < 4.78 is 6.96. The van der Waals surface area contributed by atoms with Gasteiger partial charge in [0.2, 0.25) is 5.91 Å². The number of amides is 3. The molecule has 0 spiro atoms. The van der Waals surface area contributed by atoms with Gasteiger partial charge in [-0.3, -0.25) is 9.59 Å². The number of benzene rings is 2. The van der Waals surface area contributed by atoms with Crippen LogP contribution >= 0.6 is 34.8 Å². The first kappa shape index (κ1) is 29.2. The van der Waals surface area contributed by atoms with Crippen LogP contribution in [0.2, 0.25) is 15.1 Å². The summed E-state index contributed by atoms with van der Waals surface area (Å²) >= 11 is 18.7. The number of likely N-dealkylation sites (N-methyl/N-ethyl adjacent to an activating group) is 1. The Morgan fingerprint density at radius 2 is 1.73 bits per heavy atom. The number of nitrogens with zero attached hydrogens (tertiary/aromatic N) is 6. The fourth-order valence-corrected chi connectivity index (χ4v) is 5.89.